The maximum atomic E-state index is 13.8. The van der Waals surface area contributed by atoms with E-state index in [1.165, 1.54) is 21.1 Å². The highest BCUT2D eigenvalue weighted by atomic mass is 35.5. The van der Waals surface area contributed by atoms with Gasteiger partial charge in [0.1, 0.15) is 18.0 Å². The van der Waals surface area contributed by atoms with E-state index in [4.69, 9.17) is 21.3 Å². The van der Waals surface area contributed by atoms with Gasteiger partial charge in [0.2, 0.25) is 0 Å². The Kier molecular flexibility index (Phi) is 6.69. The van der Waals surface area contributed by atoms with Gasteiger partial charge in [-0.15, -0.1) is 23.1 Å². The number of morpholine rings is 1. The molecule has 0 spiro atoms. The standard InChI is InChI=1S/C23H22ClN3O2S3/c1-30-15-6-7-17-19(14-15)32-23(25-17)27(9-8-26-10-12-29-13-11-26)22(28)21-20(24)16-4-2-3-5-18(16)31-21/h2-7,14H,8-13H2,1H3/p+1. The first kappa shape index (κ1) is 22.1. The summed E-state index contributed by atoms with van der Waals surface area (Å²) in [6.07, 6.45) is 2.06. The Hall–Kier alpha value is -1.68. The lowest BCUT2D eigenvalue weighted by atomic mass is 10.2. The van der Waals surface area contributed by atoms with Crippen LogP contribution in [0.3, 0.4) is 0 Å². The number of thioether (sulfide) groups is 1. The maximum absolute atomic E-state index is 13.8. The fraction of sp³-hybridized carbons (Fsp3) is 0.304. The van der Waals surface area contributed by atoms with Crippen LogP contribution in [0.1, 0.15) is 9.67 Å². The molecule has 4 aromatic rings. The lowest BCUT2D eigenvalue weighted by molar-refractivity contribution is -0.906. The molecule has 0 bridgehead atoms. The lowest BCUT2D eigenvalue weighted by Crippen LogP contribution is -3.14. The molecule has 0 aliphatic carbocycles. The molecule has 5 rings (SSSR count). The molecule has 1 N–H and O–H groups in total. The van der Waals surface area contributed by atoms with Gasteiger partial charge in [0.15, 0.2) is 5.13 Å². The van der Waals surface area contributed by atoms with Gasteiger partial charge in [0, 0.05) is 15.0 Å². The average Bonchev–Trinajstić information content (AvgIpc) is 3.40. The van der Waals surface area contributed by atoms with E-state index in [1.807, 2.05) is 35.2 Å². The Morgan fingerprint density at radius 2 is 2.00 bits per heavy atom. The smallest absolute Gasteiger partial charge is 0.271 e. The highest BCUT2D eigenvalue weighted by Gasteiger charge is 2.27. The van der Waals surface area contributed by atoms with Crippen molar-refractivity contribution in [2.24, 2.45) is 0 Å². The number of thiazole rings is 1. The van der Waals surface area contributed by atoms with Gasteiger partial charge >= 0.3 is 0 Å². The number of nitrogens with zero attached hydrogens (tertiary/aromatic N) is 2. The molecule has 0 unspecified atom stereocenters. The van der Waals surface area contributed by atoms with Crippen LogP contribution in [0.5, 0.6) is 0 Å². The number of benzene rings is 2. The summed E-state index contributed by atoms with van der Waals surface area (Å²) in [5.41, 5.74) is 0.918. The molecule has 1 aliphatic rings. The number of carbonyl (C=O) groups is 1. The number of rotatable bonds is 6. The van der Waals surface area contributed by atoms with E-state index in [2.05, 4.69) is 18.4 Å². The number of quaternary nitrogens is 1. The van der Waals surface area contributed by atoms with E-state index in [9.17, 15) is 4.79 Å². The van der Waals surface area contributed by atoms with E-state index in [0.29, 0.717) is 16.4 Å². The van der Waals surface area contributed by atoms with Gasteiger partial charge in [-0.3, -0.25) is 9.69 Å². The van der Waals surface area contributed by atoms with Crippen molar-refractivity contribution in [2.75, 3.05) is 50.5 Å². The van der Waals surface area contributed by atoms with Crippen LogP contribution in [-0.4, -0.2) is 56.5 Å². The van der Waals surface area contributed by atoms with Crippen molar-refractivity contribution < 1.29 is 14.4 Å². The first-order chi connectivity index (χ1) is 15.6. The third kappa shape index (κ3) is 4.40. The number of fused-ring (bicyclic) bond motifs is 2. The van der Waals surface area contributed by atoms with Crippen molar-refractivity contribution >= 4 is 77.4 Å². The largest absolute Gasteiger partial charge is 0.370 e. The summed E-state index contributed by atoms with van der Waals surface area (Å²) in [4.78, 5) is 23.7. The number of carbonyl (C=O) groups excluding carboxylic acids is 1. The summed E-state index contributed by atoms with van der Waals surface area (Å²) < 4.78 is 7.60. The zero-order valence-electron chi connectivity index (χ0n) is 17.6. The summed E-state index contributed by atoms with van der Waals surface area (Å²) in [7, 11) is 0. The minimum Gasteiger partial charge on any atom is -0.370 e. The van der Waals surface area contributed by atoms with E-state index in [0.717, 1.165) is 58.3 Å². The lowest BCUT2D eigenvalue weighted by Gasteiger charge is -2.26. The van der Waals surface area contributed by atoms with Gasteiger partial charge in [-0.2, -0.15) is 0 Å². The minimum absolute atomic E-state index is 0.0759. The van der Waals surface area contributed by atoms with Crippen molar-refractivity contribution in [1.82, 2.24) is 4.98 Å². The van der Waals surface area contributed by atoms with Crippen LogP contribution in [0.15, 0.2) is 47.4 Å². The number of hydrogen-bond donors (Lipinski definition) is 1. The van der Waals surface area contributed by atoms with Gasteiger partial charge in [0.25, 0.3) is 5.91 Å². The monoisotopic (exact) mass is 504 g/mol. The van der Waals surface area contributed by atoms with Crippen LogP contribution in [0.25, 0.3) is 20.3 Å². The number of nitrogens with one attached hydrogen (secondary N) is 1. The Morgan fingerprint density at radius 1 is 1.19 bits per heavy atom. The predicted octanol–water partition coefficient (Wildman–Crippen LogP) is 4.45. The summed E-state index contributed by atoms with van der Waals surface area (Å²) in [5, 5.41) is 2.18. The number of ether oxygens (including phenoxy) is 1. The zero-order chi connectivity index (χ0) is 22.1. The Labute approximate surface area is 203 Å². The molecule has 3 heterocycles. The van der Waals surface area contributed by atoms with Gasteiger partial charge in [-0.05, 0) is 30.5 Å². The molecule has 1 fully saturated rings. The molecule has 2 aromatic heterocycles. The van der Waals surface area contributed by atoms with Gasteiger partial charge in [-0.25, -0.2) is 4.98 Å². The molecule has 2 aromatic carbocycles. The fourth-order valence-corrected chi connectivity index (χ4v) is 6.88. The molecule has 1 saturated heterocycles. The molecule has 9 heteroatoms. The fourth-order valence-electron chi connectivity index (χ4n) is 3.87. The van der Waals surface area contributed by atoms with Crippen molar-refractivity contribution in [3.8, 4) is 0 Å². The van der Waals surface area contributed by atoms with E-state index >= 15 is 0 Å². The maximum Gasteiger partial charge on any atom is 0.271 e. The minimum atomic E-state index is -0.0759. The third-order valence-electron chi connectivity index (χ3n) is 5.68. The molecular weight excluding hydrogens is 482 g/mol. The second-order valence-electron chi connectivity index (χ2n) is 7.64. The van der Waals surface area contributed by atoms with Crippen LogP contribution in [0, 0.1) is 0 Å². The molecule has 32 heavy (non-hydrogen) atoms. The van der Waals surface area contributed by atoms with Gasteiger partial charge < -0.3 is 9.64 Å². The molecule has 1 aliphatic heterocycles. The molecule has 0 radical (unpaired) electrons. The summed E-state index contributed by atoms with van der Waals surface area (Å²) in [5.74, 6) is -0.0759. The molecule has 1 amide bonds. The third-order valence-corrected chi connectivity index (χ3v) is 9.11. The second kappa shape index (κ2) is 9.67. The molecule has 0 saturated carbocycles. The van der Waals surface area contributed by atoms with Crippen LogP contribution in [0.4, 0.5) is 5.13 Å². The first-order valence-electron chi connectivity index (χ1n) is 10.5. The molecule has 5 nitrogen and oxygen atoms in total. The highest BCUT2D eigenvalue weighted by molar-refractivity contribution is 7.98. The number of halogens is 1. The van der Waals surface area contributed by atoms with Crippen molar-refractivity contribution in [3.63, 3.8) is 0 Å². The highest BCUT2D eigenvalue weighted by Crippen LogP contribution is 2.38. The average molecular weight is 505 g/mol. The van der Waals surface area contributed by atoms with Crippen LogP contribution < -0.4 is 9.80 Å². The van der Waals surface area contributed by atoms with Crippen LogP contribution in [-0.2, 0) is 4.74 Å². The number of aromatic nitrogens is 1. The van der Waals surface area contributed by atoms with E-state index in [-0.39, 0.29) is 5.91 Å². The molecule has 0 atom stereocenters. The summed E-state index contributed by atoms with van der Waals surface area (Å²) in [6.45, 7) is 4.90. The van der Waals surface area contributed by atoms with Crippen molar-refractivity contribution in [3.05, 3.63) is 52.4 Å². The second-order valence-corrected chi connectivity index (χ2v) is 11.0. The van der Waals surface area contributed by atoms with E-state index in [1.54, 1.807) is 23.1 Å². The Morgan fingerprint density at radius 3 is 2.78 bits per heavy atom. The van der Waals surface area contributed by atoms with Crippen molar-refractivity contribution in [2.45, 2.75) is 4.90 Å². The van der Waals surface area contributed by atoms with Crippen molar-refractivity contribution in [1.29, 1.82) is 0 Å². The number of hydrogen-bond acceptors (Lipinski definition) is 6. The molecular formula is C23H23ClN3O2S3+. The topological polar surface area (TPSA) is 46.9 Å². The van der Waals surface area contributed by atoms with Gasteiger partial charge in [0.05, 0.1) is 41.5 Å². The number of thiophene rings is 1. The van der Waals surface area contributed by atoms with E-state index < -0.39 is 0 Å². The van der Waals surface area contributed by atoms with Crippen LogP contribution in [0.2, 0.25) is 5.02 Å². The number of anilines is 1. The number of amides is 1. The Balaban J connectivity index is 1.51. The Bertz CT molecular complexity index is 1270. The predicted molar refractivity (Wildman–Crippen MR) is 136 cm³/mol. The SMILES string of the molecule is CSc1ccc2nc(N(CC[NH+]3CCOCC3)C(=O)c3sc4ccccc4c3Cl)sc2c1. The zero-order valence-corrected chi connectivity index (χ0v) is 20.8. The normalized spacial score (nSPS) is 14.9. The van der Waals surface area contributed by atoms with Crippen LogP contribution >= 0.6 is 46.0 Å². The summed E-state index contributed by atoms with van der Waals surface area (Å²) >= 11 is 11.4. The molecule has 166 valence electrons. The quantitative estimate of drug-likeness (QED) is 0.394. The first-order valence-corrected chi connectivity index (χ1v) is 13.7. The van der Waals surface area contributed by atoms with Gasteiger partial charge in [-0.1, -0.05) is 41.1 Å². The summed E-state index contributed by atoms with van der Waals surface area (Å²) in [6, 6.07) is 14.1.